The smallest absolute Gasteiger partial charge is 0.243 e. The van der Waals surface area contributed by atoms with Gasteiger partial charge in [-0.25, -0.2) is 0 Å². The highest BCUT2D eigenvalue weighted by atomic mass is 35.5. The molecule has 0 unspecified atom stereocenters. The molecule has 3 heteroatoms. The Labute approximate surface area is 88.6 Å². The zero-order valence-electron chi connectivity index (χ0n) is 7.96. The fraction of sp³-hybridized carbons (Fsp3) is 0.182. The summed E-state index contributed by atoms with van der Waals surface area (Å²) in [6.07, 6.45) is 1.25. The standard InChI is InChI=1S/C11H12ClNO/c1-3-11(14)13-8(2)9-5-4-6-10(12)7-9/h3-8H,1H2,2H3,(H,13,14)/t8-/m1/s1. The van der Waals surface area contributed by atoms with Crippen LogP contribution in [0.15, 0.2) is 36.9 Å². The third-order valence-corrected chi connectivity index (χ3v) is 2.13. The minimum Gasteiger partial charge on any atom is -0.346 e. The lowest BCUT2D eigenvalue weighted by molar-refractivity contribution is -0.117. The minimum atomic E-state index is -0.183. The van der Waals surface area contributed by atoms with Crippen molar-refractivity contribution >= 4 is 17.5 Å². The summed E-state index contributed by atoms with van der Waals surface area (Å²) in [4.78, 5) is 11.0. The number of benzene rings is 1. The molecule has 14 heavy (non-hydrogen) atoms. The van der Waals surface area contributed by atoms with Gasteiger partial charge in [-0.2, -0.15) is 0 Å². The number of carbonyl (C=O) groups excluding carboxylic acids is 1. The third-order valence-electron chi connectivity index (χ3n) is 1.89. The van der Waals surface area contributed by atoms with E-state index in [1.54, 1.807) is 6.07 Å². The Balaban J connectivity index is 2.74. The van der Waals surface area contributed by atoms with E-state index >= 15 is 0 Å². The van der Waals surface area contributed by atoms with E-state index in [2.05, 4.69) is 11.9 Å². The fourth-order valence-corrected chi connectivity index (χ4v) is 1.33. The van der Waals surface area contributed by atoms with Crippen LogP contribution in [0.4, 0.5) is 0 Å². The lowest BCUT2D eigenvalue weighted by Crippen LogP contribution is -2.24. The molecule has 74 valence electrons. The minimum absolute atomic E-state index is 0.0563. The third kappa shape index (κ3) is 2.89. The summed E-state index contributed by atoms with van der Waals surface area (Å²) < 4.78 is 0. The van der Waals surface area contributed by atoms with Crippen LogP contribution < -0.4 is 5.32 Å². The van der Waals surface area contributed by atoms with Crippen LogP contribution in [0.2, 0.25) is 5.02 Å². The highest BCUT2D eigenvalue weighted by Crippen LogP contribution is 2.16. The van der Waals surface area contributed by atoms with Gasteiger partial charge in [0.1, 0.15) is 0 Å². The largest absolute Gasteiger partial charge is 0.346 e. The average Bonchev–Trinajstić information content (AvgIpc) is 2.17. The first kappa shape index (κ1) is 10.8. The SMILES string of the molecule is C=CC(=O)N[C@H](C)c1cccc(Cl)c1. The van der Waals surface area contributed by atoms with Crippen LogP contribution in [-0.2, 0) is 4.79 Å². The van der Waals surface area contributed by atoms with Gasteiger partial charge in [-0.1, -0.05) is 30.3 Å². The predicted molar refractivity (Wildman–Crippen MR) is 58.2 cm³/mol. The van der Waals surface area contributed by atoms with Crippen LogP contribution >= 0.6 is 11.6 Å². The molecule has 0 saturated heterocycles. The van der Waals surface area contributed by atoms with Gasteiger partial charge in [0.05, 0.1) is 6.04 Å². The van der Waals surface area contributed by atoms with Crippen molar-refractivity contribution in [1.29, 1.82) is 0 Å². The molecule has 0 spiro atoms. The number of hydrogen-bond donors (Lipinski definition) is 1. The highest BCUT2D eigenvalue weighted by molar-refractivity contribution is 6.30. The van der Waals surface area contributed by atoms with Crippen molar-refractivity contribution in [3.05, 3.63) is 47.5 Å². The van der Waals surface area contributed by atoms with Crippen molar-refractivity contribution in [3.63, 3.8) is 0 Å². The van der Waals surface area contributed by atoms with Crippen molar-refractivity contribution in [2.24, 2.45) is 0 Å². The van der Waals surface area contributed by atoms with E-state index < -0.39 is 0 Å². The van der Waals surface area contributed by atoms with Crippen molar-refractivity contribution in [3.8, 4) is 0 Å². The first-order chi connectivity index (χ1) is 6.63. The number of hydrogen-bond acceptors (Lipinski definition) is 1. The van der Waals surface area contributed by atoms with Gasteiger partial charge in [-0.3, -0.25) is 4.79 Å². The predicted octanol–water partition coefficient (Wildman–Crippen LogP) is 2.70. The van der Waals surface area contributed by atoms with Crippen LogP contribution in [0.3, 0.4) is 0 Å². The summed E-state index contributed by atoms with van der Waals surface area (Å²) in [6.45, 7) is 5.28. The van der Waals surface area contributed by atoms with E-state index in [0.717, 1.165) is 5.56 Å². The quantitative estimate of drug-likeness (QED) is 0.762. The molecule has 1 aromatic rings. The molecular weight excluding hydrogens is 198 g/mol. The summed E-state index contributed by atoms with van der Waals surface area (Å²) >= 11 is 5.83. The van der Waals surface area contributed by atoms with Gasteiger partial charge in [0.15, 0.2) is 0 Å². The van der Waals surface area contributed by atoms with Crippen LogP contribution in [0, 0.1) is 0 Å². The lowest BCUT2D eigenvalue weighted by Gasteiger charge is -2.12. The Hall–Kier alpha value is -1.28. The molecule has 0 aliphatic heterocycles. The number of amides is 1. The molecule has 0 heterocycles. The van der Waals surface area contributed by atoms with Crippen LogP contribution in [0.25, 0.3) is 0 Å². The van der Waals surface area contributed by atoms with E-state index in [1.165, 1.54) is 6.08 Å². The van der Waals surface area contributed by atoms with Gasteiger partial charge < -0.3 is 5.32 Å². The van der Waals surface area contributed by atoms with Crippen LogP contribution in [-0.4, -0.2) is 5.91 Å². The monoisotopic (exact) mass is 209 g/mol. The van der Waals surface area contributed by atoms with E-state index in [0.29, 0.717) is 5.02 Å². The molecule has 0 saturated carbocycles. The molecule has 1 aromatic carbocycles. The van der Waals surface area contributed by atoms with E-state index in [-0.39, 0.29) is 11.9 Å². The molecule has 0 fully saturated rings. The Morgan fingerprint density at radius 1 is 1.64 bits per heavy atom. The Bertz CT molecular complexity index is 349. The molecule has 1 amide bonds. The second-order valence-electron chi connectivity index (χ2n) is 2.99. The summed E-state index contributed by atoms with van der Waals surface area (Å²) in [5.41, 5.74) is 0.979. The van der Waals surface area contributed by atoms with E-state index in [9.17, 15) is 4.79 Å². The van der Waals surface area contributed by atoms with Crippen molar-refractivity contribution in [2.75, 3.05) is 0 Å². The molecule has 0 radical (unpaired) electrons. The molecule has 0 aliphatic carbocycles. The Morgan fingerprint density at radius 2 is 2.36 bits per heavy atom. The highest BCUT2D eigenvalue weighted by Gasteiger charge is 2.06. The molecule has 1 N–H and O–H groups in total. The van der Waals surface area contributed by atoms with E-state index in [4.69, 9.17) is 11.6 Å². The normalized spacial score (nSPS) is 11.9. The summed E-state index contributed by atoms with van der Waals surface area (Å²) in [6, 6.07) is 7.34. The van der Waals surface area contributed by atoms with Crippen molar-refractivity contribution in [2.45, 2.75) is 13.0 Å². The Kier molecular flexibility index (Phi) is 3.72. The van der Waals surface area contributed by atoms with E-state index in [1.807, 2.05) is 25.1 Å². The molecule has 2 nitrogen and oxygen atoms in total. The number of halogens is 1. The summed E-state index contributed by atoms with van der Waals surface area (Å²) in [7, 11) is 0. The van der Waals surface area contributed by atoms with Crippen molar-refractivity contribution < 1.29 is 4.79 Å². The molecule has 1 rings (SSSR count). The fourth-order valence-electron chi connectivity index (χ4n) is 1.13. The first-order valence-corrected chi connectivity index (χ1v) is 4.69. The average molecular weight is 210 g/mol. The van der Waals surface area contributed by atoms with Gasteiger partial charge in [0, 0.05) is 5.02 Å². The second kappa shape index (κ2) is 4.82. The van der Waals surface area contributed by atoms with Gasteiger partial charge >= 0.3 is 0 Å². The zero-order chi connectivity index (χ0) is 10.6. The molecular formula is C11H12ClNO. The van der Waals surface area contributed by atoms with Gasteiger partial charge in [0.2, 0.25) is 5.91 Å². The Morgan fingerprint density at radius 3 is 2.93 bits per heavy atom. The maximum absolute atomic E-state index is 11.0. The number of rotatable bonds is 3. The van der Waals surface area contributed by atoms with Crippen LogP contribution in [0.1, 0.15) is 18.5 Å². The zero-order valence-corrected chi connectivity index (χ0v) is 8.71. The summed E-state index contributed by atoms with van der Waals surface area (Å²) in [5.74, 6) is -0.183. The molecule has 1 atom stereocenters. The molecule has 0 bridgehead atoms. The van der Waals surface area contributed by atoms with Gasteiger partial charge in [0.25, 0.3) is 0 Å². The number of carbonyl (C=O) groups is 1. The summed E-state index contributed by atoms with van der Waals surface area (Å²) in [5, 5.41) is 3.43. The molecule has 0 aromatic heterocycles. The first-order valence-electron chi connectivity index (χ1n) is 4.32. The molecule has 0 aliphatic rings. The lowest BCUT2D eigenvalue weighted by atomic mass is 10.1. The maximum Gasteiger partial charge on any atom is 0.243 e. The second-order valence-corrected chi connectivity index (χ2v) is 3.43. The van der Waals surface area contributed by atoms with Gasteiger partial charge in [-0.05, 0) is 30.7 Å². The van der Waals surface area contributed by atoms with Crippen molar-refractivity contribution in [1.82, 2.24) is 5.32 Å². The number of nitrogens with one attached hydrogen (secondary N) is 1. The van der Waals surface area contributed by atoms with Crippen LogP contribution in [0.5, 0.6) is 0 Å². The maximum atomic E-state index is 11.0. The van der Waals surface area contributed by atoms with Gasteiger partial charge in [-0.15, -0.1) is 0 Å². The topological polar surface area (TPSA) is 29.1 Å².